The van der Waals surface area contributed by atoms with Crippen molar-refractivity contribution in [3.63, 3.8) is 0 Å². The van der Waals surface area contributed by atoms with Crippen molar-refractivity contribution in [2.45, 2.75) is 36.5 Å². The molecule has 4 aliphatic rings. The van der Waals surface area contributed by atoms with E-state index in [4.69, 9.17) is 20.4 Å². The lowest BCUT2D eigenvalue weighted by molar-refractivity contribution is -0.0453. The van der Waals surface area contributed by atoms with E-state index in [0.717, 1.165) is 0 Å². The van der Waals surface area contributed by atoms with E-state index in [1.807, 2.05) is 0 Å². The average Bonchev–Trinajstić information content (AvgIpc) is 2.97. The molecule has 0 aromatic heterocycles. The molecule has 2 heterocycles. The second-order valence-corrected chi connectivity index (χ2v) is 6.34. The van der Waals surface area contributed by atoms with Gasteiger partial charge in [0.05, 0.1) is 13.9 Å². The highest BCUT2D eigenvalue weighted by Crippen LogP contribution is 2.62. The molecule has 4 nitrogen and oxygen atoms in total. The monoisotopic (exact) mass is 308 g/mol. The Morgan fingerprint density at radius 3 is 3.36 bits per heavy atom. The largest absolute Gasteiger partial charge is 0.493 e. The Kier molecular flexibility index (Phi) is 1.28. The minimum atomic E-state index is -2.89. The fraction of sp³-hybridized carbons (Fsp3) is 0.556. The highest BCUT2D eigenvalue weighted by molar-refractivity contribution is 5.62. The van der Waals surface area contributed by atoms with Gasteiger partial charge < -0.3 is 19.5 Å². The molecular formula is C18H21NO3. The van der Waals surface area contributed by atoms with Crippen LogP contribution in [-0.4, -0.2) is 48.8 Å². The molecule has 5 rings (SSSR count). The molecule has 1 saturated heterocycles. The molecule has 1 aromatic carbocycles. The molecule has 2 bridgehead atoms. The first-order chi connectivity index (χ1) is 14.2. The first kappa shape index (κ1) is 6.93. The number of ether oxygens (including phenoxy) is 2. The summed E-state index contributed by atoms with van der Waals surface area (Å²) in [5.41, 5.74) is -0.436. The number of nitrogens with zero attached hydrogens (tertiary/aromatic N) is 1. The van der Waals surface area contributed by atoms with Crippen molar-refractivity contribution in [3.05, 3.63) is 35.4 Å². The van der Waals surface area contributed by atoms with Crippen LogP contribution in [0.4, 0.5) is 0 Å². The summed E-state index contributed by atoms with van der Waals surface area (Å²) in [6.45, 7) is -2.34. The van der Waals surface area contributed by atoms with Crippen molar-refractivity contribution in [3.8, 4) is 11.5 Å². The first-order valence-electron chi connectivity index (χ1n) is 11.9. The van der Waals surface area contributed by atoms with Gasteiger partial charge in [0.1, 0.15) is 12.2 Å². The van der Waals surface area contributed by atoms with Crippen molar-refractivity contribution >= 4 is 0 Å². The molecule has 22 heavy (non-hydrogen) atoms. The Morgan fingerprint density at radius 2 is 2.50 bits per heavy atom. The van der Waals surface area contributed by atoms with E-state index in [0.29, 0.717) is 11.1 Å². The number of likely N-dealkylation sites (tertiary alicyclic amines) is 1. The van der Waals surface area contributed by atoms with Gasteiger partial charge in [-0.2, -0.15) is 0 Å². The van der Waals surface area contributed by atoms with E-state index in [1.54, 1.807) is 0 Å². The molecule has 116 valence electrons. The number of aliphatic hydroxyl groups is 1. The van der Waals surface area contributed by atoms with E-state index < -0.39 is 55.4 Å². The van der Waals surface area contributed by atoms with Crippen LogP contribution in [-0.2, 0) is 11.8 Å². The van der Waals surface area contributed by atoms with Gasteiger partial charge in [0.25, 0.3) is 0 Å². The third kappa shape index (κ3) is 1.28. The van der Waals surface area contributed by atoms with Crippen LogP contribution in [0, 0.1) is 5.89 Å². The molecule has 4 heteroatoms. The molecule has 0 saturated carbocycles. The van der Waals surface area contributed by atoms with E-state index in [-0.39, 0.29) is 31.2 Å². The summed E-state index contributed by atoms with van der Waals surface area (Å²) in [6.07, 6.45) is 0.992. The molecule has 2 unspecified atom stereocenters. The van der Waals surface area contributed by atoms with Crippen LogP contribution in [0.5, 0.6) is 11.5 Å². The molecule has 0 amide bonds. The van der Waals surface area contributed by atoms with Gasteiger partial charge >= 0.3 is 0 Å². The lowest BCUT2D eigenvalue weighted by Crippen LogP contribution is -2.64. The Hall–Kier alpha value is -1.52. The lowest BCUT2D eigenvalue weighted by atomic mass is 9.53. The Balaban J connectivity index is 1.83. The van der Waals surface area contributed by atoms with E-state index in [2.05, 4.69) is 0 Å². The summed E-state index contributed by atoms with van der Waals surface area (Å²) in [5, 5.41) is 10.7. The van der Waals surface area contributed by atoms with Gasteiger partial charge in [0, 0.05) is 28.4 Å². The molecule has 1 fully saturated rings. The number of hydrogen-bond donors (Lipinski definition) is 1. The molecule has 1 N–H and O–H groups in total. The molecule has 2 aliphatic heterocycles. The number of benzene rings is 1. The standard InChI is InChI=1S/C18H21NO3/c1-19-8-7-18-11-4-5-13(20)17(18)22-16-14(21-2)6-3-10(15(16)18)9-12(11)19/h3-6,11-13,17,20H,7-9H2,1-2H3/t11-,12+,13?,17?,18-/m0/s1/i1D3,2D3,3D,6D,11D. The van der Waals surface area contributed by atoms with Crippen molar-refractivity contribution in [1.82, 2.24) is 4.90 Å². The SMILES string of the molecule is [2H]c1c([2H])c(OC([2H])([2H])[2H])c2c3c1C[C@H]1N(C([2H])([2H])[2H])CC[C@@]34C(O2)C(O)C=C[C@@]14[2H]. The van der Waals surface area contributed by atoms with Crippen LogP contribution >= 0.6 is 0 Å². The predicted octanol–water partition coefficient (Wildman–Crippen LogP) is 1.50. The van der Waals surface area contributed by atoms with Gasteiger partial charge in [-0.25, -0.2) is 0 Å². The molecule has 0 radical (unpaired) electrons. The van der Waals surface area contributed by atoms with Crippen LogP contribution in [0.2, 0.25) is 0 Å². The molecule has 5 atom stereocenters. The third-order valence-corrected chi connectivity index (χ3v) is 5.52. The third-order valence-electron chi connectivity index (χ3n) is 5.52. The van der Waals surface area contributed by atoms with Crippen molar-refractivity contribution in [1.29, 1.82) is 0 Å². The van der Waals surface area contributed by atoms with Gasteiger partial charge in [-0.1, -0.05) is 18.2 Å². The van der Waals surface area contributed by atoms with Crippen LogP contribution in [0.25, 0.3) is 0 Å². The maximum Gasteiger partial charge on any atom is 0.165 e. The number of hydrogen-bond acceptors (Lipinski definition) is 4. The molecule has 1 aromatic rings. The summed E-state index contributed by atoms with van der Waals surface area (Å²) in [5.74, 6) is -1.93. The maximum absolute atomic E-state index is 10.7. The summed E-state index contributed by atoms with van der Waals surface area (Å²) in [6, 6.07) is -1.58. The summed E-state index contributed by atoms with van der Waals surface area (Å²) in [7, 11) is -2.89. The normalized spacial score (nSPS) is 51.5. The van der Waals surface area contributed by atoms with Crippen LogP contribution in [0.15, 0.2) is 24.2 Å². The summed E-state index contributed by atoms with van der Waals surface area (Å²) in [4.78, 5) is 1.28. The van der Waals surface area contributed by atoms with Gasteiger partial charge in [-0.3, -0.25) is 0 Å². The van der Waals surface area contributed by atoms with Gasteiger partial charge in [-0.05, 0) is 38.0 Å². The van der Waals surface area contributed by atoms with Gasteiger partial charge in [-0.15, -0.1) is 0 Å². The van der Waals surface area contributed by atoms with Crippen LogP contribution < -0.4 is 9.47 Å². The number of likely N-dealkylation sites (N-methyl/N-ethyl adjacent to an activating group) is 1. The van der Waals surface area contributed by atoms with E-state index in [1.165, 1.54) is 17.1 Å². The topological polar surface area (TPSA) is 41.9 Å². The quantitative estimate of drug-likeness (QED) is 0.799. The smallest absolute Gasteiger partial charge is 0.165 e. The van der Waals surface area contributed by atoms with Crippen molar-refractivity contribution in [2.24, 2.45) is 5.89 Å². The predicted molar refractivity (Wildman–Crippen MR) is 82.5 cm³/mol. The van der Waals surface area contributed by atoms with Gasteiger partial charge in [0.2, 0.25) is 0 Å². The number of rotatable bonds is 1. The number of methoxy groups -OCH3 is 1. The van der Waals surface area contributed by atoms with E-state index in [9.17, 15) is 6.48 Å². The van der Waals surface area contributed by atoms with E-state index >= 15 is 0 Å². The molecule has 2 aliphatic carbocycles. The zero-order valence-corrected chi connectivity index (χ0v) is 11.7. The number of piperidine rings is 1. The van der Waals surface area contributed by atoms with Crippen molar-refractivity contribution < 1.29 is 26.9 Å². The van der Waals surface area contributed by atoms with Crippen LogP contribution in [0.3, 0.4) is 0 Å². The van der Waals surface area contributed by atoms with Gasteiger partial charge in [0.15, 0.2) is 11.5 Å². The Labute approximate surface area is 143 Å². The van der Waals surface area contributed by atoms with Crippen molar-refractivity contribution in [2.75, 3.05) is 20.6 Å². The zero-order valence-electron chi connectivity index (χ0n) is 20.7. The minimum absolute atomic E-state index is 0.0151. The first-order valence-corrected chi connectivity index (χ1v) is 7.39. The molecular weight excluding hydrogens is 278 g/mol. The average molecular weight is 308 g/mol. The highest BCUT2D eigenvalue weighted by atomic mass is 16.5. The molecule has 1 spiro atoms. The zero-order chi connectivity index (χ0) is 22.7. The minimum Gasteiger partial charge on any atom is -0.493 e. The fourth-order valence-electron chi connectivity index (χ4n) is 4.66. The summed E-state index contributed by atoms with van der Waals surface area (Å²) < 4.78 is 83.7. The number of aliphatic hydroxyl groups excluding tert-OH is 1. The fourth-order valence-corrected chi connectivity index (χ4v) is 4.66. The second-order valence-electron chi connectivity index (χ2n) is 6.34. The second kappa shape index (κ2) is 4.06. The van der Waals surface area contributed by atoms with Crippen LogP contribution in [0.1, 0.15) is 29.9 Å². The Morgan fingerprint density at radius 1 is 1.55 bits per heavy atom. The summed E-state index contributed by atoms with van der Waals surface area (Å²) >= 11 is 0. The highest BCUT2D eigenvalue weighted by Gasteiger charge is 2.64. The Bertz CT molecular complexity index is 1010. The maximum atomic E-state index is 10.7. The lowest BCUT2D eigenvalue weighted by Gasteiger charge is -2.56.